The van der Waals surface area contributed by atoms with Crippen LogP contribution in [0.4, 0.5) is 0 Å². The quantitative estimate of drug-likeness (QED) is 0.700. The van der Waals surface area contributed by atoms with E-state index in [1.165, 1.54) is 11.8 Å². The Balaban J connectivity index is 2.69. The fourth-order valence-corrected chi connectivity index (χ4v) is 3.08. The third-order valence-electron chi connectivity index (χ3n) is 3.21. The molecular weight excluding hydrogens is 314 g/mol. The normalized spacial score (nSPS) is 12.0. The molecule has 1 amide bonds. The number of aliphatic carboxylic acids is 1. The van der Waals surface area contributed by atoms with Crippen molar-refractivity contribution in [3.05, 3.63) is 24.3 Å². The molecule has 5 nitrogen and oxygen atoms in total. The fourth-order valence-electron chi connectivity index (χ4n) is 2.13. The maximum absolute atomic E-state index is 12.6. The molecule has 0 radical (unpaired) electrons. The van der Waals surface area contributed by atoms with Gasteiger partial charge in [-0.15, -0.1) is 11.8 Å². The second-order valence-electron chi connectivity index (χ2n) is 5.76. The van der Waals surface area contributed by atoms with Crippen LogP contribution in [-0.2, 0) is 9.59 Å². The summed E-state index contributed by atoms with van der Waals surface area (Å²) in [7, 11) is 1.61. The highest BCUT2D eigenvalue weighted by Crippen LogP contribution is 2.26. The van der Waals surface area contributed by atoms with Gasteiger partial charge in [0.1, 0.15) is 5.75 Å². The number of hydrogen-bond donors (Lipinski definition) is 1. The minimum atomic E-state index is -0.887. The Bertz CT molecular complexity index is 516. The Morgan fingerprint density at radius 1 is 1.22 bits per heavy atom. The molecule has 1 rings (SSSR count). The summed E-state index contributed by atoms with van der Waals surface area (Å²) in [6, 6.07) is 7.54. The SMILES string of the molecule is COc1ccc(SC(C)C(=O)N(CCC(=O)O)CC(C)C)cc1. The van der Waals surface area contributed by atoms with Gasteiger partial charge in [0.2, 0.25) is 5.91 Å². The Hall–Kier alpha value is -1.69. The Morgan fingerprint density at radius 2 is 1.83 bits per heavy atom. The topological polar surface area (TPSA) is 66.8 Å². The van der Waals surface area contributed by atoms with E-state index in [9.17, 15) is 9.59 Å². The maximum atomic E-state index is 12.6. The summed E-state index contributed by atoms with van der Waals surface area (Å²) in [4.78, 5) is 26.0. The van der Waals surface area contributed by atoms with Gasteiger partial charge in [0, 0.05) is 18.0 Å². The van der Waals surface area contributed by atoms with E-state index in [1.807, 2.05) is 45.0 Å². The monoisotopic (exact) mass is 339 g/mol. The number of thioether (sulfide) groups is 1. The molecule has 1 aromatic carbocycles. The molecule has 1 aromatic rings. The van der Waals surface area contributed by atoms with Crippen LogP contribution < -0.4 is 4.74 Å². The van der Waals surface area contributed by atoms with Gasteiger partial charge in [0.05, 0.1) is 18.8 Å². The molecule has 0 spiro atoms. The van der Waals surface area contributed by atoms with Crippen molar-refractivity contribution in [3.8, 4) is 5.75 Å². The van der Waals surface area contributed by atoms with Crippen molar-refractivity contribution in [2.24, 2.45) is 5.92 Å². The third-order valence-corrected chi connectivity index (χ3v) is 4.31. The van der Waals surface area contributed by atoms with Gasteiger partial charge in [0.15, 0.2) is 0 Å². The molecule has 0 aliphatic carbocycles. The van der Waals surface area contributed by atoms with Gasteiger partial charge >= 0.3 is 5.97 Å². The number of amides is 1. The molecule has 23 heavy (non-hydrogen) atoms. The van der Waals surface area contributed by atoms with Gasteiger partial charge in [0.25, 0.3) is 0 Å². The van der Waals surface area contributed by atoms with E-state index in [0.717, 1.165) is 10.6 Å². The van der Waals surface area contributed by atoms with Crippen LogP contribution in [0.15, 0.2) is 29.2 Å². The number of carbonyl (C=O) groups excluding carboxylic acids is 1. The average Bonchev–Trinajstić information content (AvgIpc) is 2.50. The number of carboxylic acids is 1. The molecule has 1 atom stereocenters. The molecule has 0 aliphatic rings. The van der Waals surface area contributed by atoms with Crippen LogP contribution in [0.3, 0.4) is 0 Å². The van der Waals surface area contributed by atoms with Crippen molar-refractivity contribution in [1.29, 1.82) is 0 Å². The fraction of sp³-hybridized carbons (Fsp3) is 0.529. The van der Waals surface area contributed by atoms with Crippen LogP contribution in [-0.4, -0.2) is 47.3 Å². The van der Waals surface area contributed by atoms with E-state index in [1.54, 1.807) is 12.0 Å². The Kier molecular flexibility index (Phi) is 7.95. The Labute approximate surface area is 142 Å². The van der Waals surface area contributed by atoms with Gasteiger partial charge < -0.3 is 14.7 Å². The minimum absolute atomic E-state index is 0.0271. The van der Waals surface area contributed by atoms with Gasteiger partial charge in [-0.05, 0) is 37.1 Å². The van der Waals surface area contributed by atoms with E-state index in [0.29, 0.717) is 12.5 Å². The van der Waals surface area contributed by atoms with Crippen LogP contribution in [0.1, 0.15) is 27.2 Å². The predicted molar refractivity (Wildman–Crippen MR) is 92.0 cm³/mol. The first-order valence-electron chi connectivity index (χ1n) is 7.64. The van der Waals surface area contributed by atoms with Gasteiger partial charge in [-0.2, -0.15) is 0 Å². The summed E-state index contributed by atoms with van der Waals surface area (Å²) in [5, 5.41) is 8.58. The lowest BCUT2D eigenvalue weighted by Gasteiger charge is -2.26. The van der Waals surface area contributed by atoms with Crippen molar-refractivity contribution in [1.82, 2.24) is 4.90 Å². The summed E-state index contributed by atoms with van der Waals surface area (Å²) in [5.74, 6) is 0.157. The van der Waals surface area contributed by atoms with Crippen molar-refractivity contribution < 1.29 is 19.4 Å². The minimum Gasteiger partial charge on any atom is -0.497 e. The summed E-state index contributed by atoms with van der Waals surface area (Å²) >= 11 is 1.47. The number of benzene rings is 1. The van der Waals surface area contributed by atoms with Crippen LogP contribution in [0.2, 0.25) is 0 Å². The lowest BCUT2D eigenvalue weighted by atomic mass is 10.2. The zero-order valence-corrected chi connectivity index (χ0v) is 14.9. The van der Waals surface area contributed by atoms with Crippen LogP contribution in [0, 0.1) is 5.92 Å². The average molecular weight is 339 g/mol. The number of hydrogen-bond acceptors (Lipinski definition) is 4. The number of ether oxygens (including phenoxy) is 1. The zero-order chi connectivity index (χ0) is 17.4. The molecule has 1 unspecified atom stereocenters. The number of methoxy groups -OCH3 is 1. The summed E-state index contributed by atoms with van der Waals surface area (Å²) in [6.07, 6.45) is -0.0294. The molecule has 0 saturated carbocycles. The van der Waals surface area contributed by atoms with Crippen molar-refractivity contribution in [2.75, 3.05) is 20.2 Å². The molecule has 0 bridgehead atoms. The highest BCUT2D eigenvalue weighted by molar-refractivity contribution is 8.00. The first-order chi connectivity index (χ1) is 10.8. The smallest absolute Gasteiger partial charge is 0.305 e. The third kappa shape index (κ3) is 6.95. The zero-order valence-electron chi connectivity index (χ0n) is 14.1. The second-order valence-corrected chi connectivity index (χ2v) is 7.17. The molecule has 0 saturated heterocycles. The van der Waals surface area contributed by atoms with Crippen LogP contribution in [0.5, 0.6) is 5.75 Å². The van der Waals surface area contributed by atoms with E-state index in [2.05, 4.69) is 0 Å². The van der Waals surface area contributed by atoms with E-state index in [-0.39, 0.29) is 24.1 Å². The number of carboxylic acid groups (broad SMARTS) is 1. The standard InChI is InChI=1S/C17H25NO4S/c1-12(2)11-18(10-9-16(19)20)17(21)13(3)23-15-7-5-14(22-4)6-8-15/h5-8,12-13H,9-11H2,1-4H3,(H,19,20). The van der Waals surface area contributed by atoms with Crippen molar-refractivity contribution in [3.63, 3.8) is 0 Å². The van der Waals surface area contributed by atoms with E-state index < -0.39 is 5.97 Å². The summed E-state index contributed by atoms with van der Waals surface area (Å²) < 4.78 is 5.12. The molecule has 0 aromatic heterocycles. The molecule has 128 valence electrons. The van der Waals surface area contributed by atoms with Crippen LogP contribution >= 0.6 is 11.8 Å². The largest absolute Gasteiger partial charge is 0.497 e. The molecule has 1 N–H and O–H groups in total. The summed E-state index contributed by atoms with van der Waals surface area (Å²) in [5.41, 5.74) is 0. The highest BCUT2D eigenvalue weighted by atomic mass is 32.2. The number of rotatable bonds is 9. The Morgan fingerprint density at radius 3 is 2.30 bits per heavy atom. The van der Waals surface area contributed by atoms with E-state index in [4.69, 9.17) is 9.84 Å². The maximum Gasteiger partial charge on any atom is 0.305 e. The van der Waals surface area contributed by atoms with Gasteiger partial charge in [-0.3, -0.25) is 9.59 Å². The lowest BCUT2D eigenvalue weighted by molar-refractivity contribution is -0.138. The van der Waals surface area contributed by atoms with Crippen molar-refractivity contribution in [2.45, 2.75) is 37.3 Å². The lowest BCUT2D eigenvalue weighted by Crippen LogP contribution is -2.40. The number of nitrogens with zero attached hydrogens (tertiary/aromatic N) is 1. The van der Waals surface area contributed by atoms with E-state index >= 15 is 0 Å². The molecule has 0 aliphatic heterocycles. The van der Waals surface area contributed by atoms with Gasteiger partial charge in [-0.1, -0.05) is 13.8 Å². The second kappa shape index (κ2) is 9.45. The first-order valence-corrected chi connectivity index (χ1v) is 8.52. The van der Waals surface area contributed by atoms with Gasteiger partial charge in [-0.25, -0.2) is 0 Å². The van der Waals surface area contributed by atoms with Crippen molar-refractivity contribution >= 4 is 23.6 Å². The predicted octanol–water partition coefficient (Wildman–Crippen LogP) is 3.14. The molecule has 0 fully saturated rings. The molecule has 6 heteroatoms. The molecule has 0 heterocycles. The first kappa shape index (κ1) is 19.4. The highest BCUT2D eigenvalue weighted by Gasteiger charge is 2.22. The van der Waals surface area contributed by atoms with Crippen LogP contribution in [0.25, 0.3) is 0 Å². The number of carbonyl (C=O) groups is 2. The molecular formula is C17H25NO4S. The summed E-state index contributed by atoms with van der Waals surface area (Å²) in [6.45, 7) is 6.70.